The molecule has 0 spiro atoms. The molecule has 25 heavy (non-hydrogen) atoms. The van der Waals surface area contributed by atoms with E-state index in [1.165, 1.54) is 0 Å². The van der Waals surface area contributed by atoms with Crippen LogP contribution in [0.25, 0.3) is 0 Å². The third-order valence-electron chi connectivity index (χ3n) is 3.63. The molecular weight excluding hydrogens is 344 g/mol. The maximum atomic E-state index is 12.5. The number of carbonyl (C=O) groups is 1. The predicted octanol–water partition coefficient (Wildman–Crippen LogP) is 3.23. The summed E-state index contributed by atoms with van der Waals surface area (Å²) in [6.45, 7) is 3.77. The molecule has 3 rings (SSSR count). The van der Waals surface area contributed by atoms with E-state index in [0.29, 0.717) is 54.3 Å². The Hall–Kier alpha value is -2.47. The van der Waals surface area contributed by atoms with Crippen LogP contribution >= 0.6 is 11.6 Å². The first-order valence-electron chi connectivity index (χ1n) is 8.13. The second kappa shape index (κ2) is 8.07. The van der Waals surface area contributed by atoms with Crippen molar-refractivity contribution in [2.45, 2.75) is 19.9 Å². The number of rotatable bonds is 5. The Labute approximate surface area is 151 Å². The van der Waals surface area contributed by atoms with Gasteiger partial charge in [0.2, 0.25) is 5.88 Å². The summed E-state index contributed by atoms with van der Waals surface area (Å²) in [6.07, 6.45) is 2.42. The second-order valence-electron chi connectivity index (χ2n) is 5.42. The number of pyridine rings is 1. The van der Waals surface area contributed by atoms with Gasteiger partial charge in [-0.1, -0.05) is 17.7 Å². The van der Waals surface area contributed by atoms with E-state index in [1.807, 2.05) is 13.0 Å². The standard InChI is InChI=1S/C18H19ClN2O4/c1-2-23-18-12(5-3-6-20-18)11-21-17(22)13-9-14(19)16-15(10-13)24-7-4-8-25-16/h3,5-6,9-10H,2,4,7-8,11H2,1H3,(H,21,22). The van der Waals surface area contributed by atoms with E-state index in [9.17, 15) is 4.79 Å². The lowest BCUT2D eigenvalue weighted by molar-refractivity contribution is 0.0950. The molecule has 0 saturated carbocycles. The van der Waals surface area contributed by atoms with Gasteiger partial charge in [-0.15, -0.1) is 0 Å². The fourth-order valence-electron chi connectivity index (χ4n) is 2.46. The average Bonchev–Trinajstić information content (AvgIpc) is 2.87. The monoisotopic (exact) mass is 362 g/mol. The number of nitrogens with zero attached hydrogens (tertiary/aromatic N) is 1. The molecular formula is C18H19ClN2O4. The lowest BCUT2D eigenvalue weighted by atomic mass is 10.1. The molecule has 132 valence electrons. The number of aromatic nitrogens is 1. The van der Waals surface area contributed by atoms with Gasteiger partial charge in [-0.2, -0.15) is 0 Å². The van der Waals surface area contributed by atoms with Crippen molar-refractivity contribution in [3.05, 3.63) is 46.6 Å². The quantitative estimate of drug-likeness (QED) is 0.884. The molecule has 0 saturated heterocycles. The van der Waals surface area contributed by atoms with Crippen LogP contribution in [0.1, 0.15) is 29.3 Å². The summed E-state index contributed by atoms with van der Waals surface area (Å²) in [4.78, 5) is 16.7. The Morgan fingerprint density at radius 1 is 1.36 bits per heavy atom. The molecule has 2 heterocycles. The Balaban J connectivity index is 1.74. The molecule has 0 fully saturated rings. The van der Waals surface area contributed by atoms with Crippen molar-refractivity contribution in [2.24, 2.45) is 0 Å². The molecule has 2 aromatic rings. The summed E-state index contributed by atoms with van der Waals surface area (Å²) in [5.41, 5.74) is 1.22. The zero-order chi connectivity index (χ0) is 17.6. The SMILES string of the molecule is CCOc1ncccc1CNC(=O)c1cc(Cl)c2c(c1)OCCCO2. The van der Waals surface area contributed by atoms with Gasteiger partial charge in [0.1, 0.15) is 0 Å². The van der Waals surface area contributed by atoms with E-state index in [1.54, 1.807) is 24.4 Å². The minimum absolute atomic E-state index is 0.260. The number of amides is 1. The number of fused-ring (bicyclic) bond motifs is 1. The third kappa shape index (κ3) is 4.14. The number of hydrogen-bond acceptors (Lipinski definition) is 5. The van der Waals surface area contributed by atoms with Gasteiger partial charge in [0, 0.05) is 30.3 Å². The largest absolute Gasteiger partial charge is 0.489 e. The van der Waals surface area contributed by atoms with Gasteiger partial charge >= 0.3 is 0 Å². The fraction of sp³-hybridized carbons (Fsp3) is 0.333. The summed E-state index contributed by atoms with van der Waals surface area (Å²) in [5.74, 6) is 1.24. The number of hydrogen-bond donors (Lipinski definition) is 1. The molecule has 1 aliphatic rings. The van der Waals surface area contributed by atoms with Gasteiger partial charge in [0.15, 0.2) is 11.5 Å². The van der Waals surface area contributed by atoms with Crippen LogP contribution in [0, 0.1) is 0 Å². The number of halogens is 1. The molecule has 0 aliphatic carbocycles. The Morgan fingerprint density at radius 3 is 3.04 bits per heavy atom. The summed E-state index contributed by atoms with van der Waals surface area (Å²) >= 11 is 6.23. The van der Waals surface area contributed by atoms with Crippen molar-refractivity contribution in [1.82, 2.24) is 10.3 Å². The maximum absolute atomic E-state index is 12.5. The zero-order valence-corrected chi connectivity index (χ0v) is 14.6. The first-order valence-corrected chi connectivity index (χ1v) is 8.51. The van der Waals surface area contributed by atoms with Gasteiger partial charge in [-0.25, -0.2) is 4.98 Å². The van der Waals surface area contributed by atoms with Crippen molar-refractivity contribution in [1.29, 1.82) is 0 Å². The molecule has 7 heteroatoms. The van der Waals surface area contributed by atoms with E-state index in [2.05, 4.69) is 10.3 Å². The molecule has 0 atom stereocenters. The topological polar surface area (TPSA) is 69.7 Å². The Morgan fingerprint density at radius 2 is 2.20 bits per heavy atom. The average molecular weight is 363 g/mol. The highest BCUT2D eigenvalue weighted by Gasteiger charge is 2.18. The van der Waals surface area contributed by atoms with Gasteiger partial charge in [0.25, 0.3) is 5.91 Å². The van der Waals surface area contributed by atoms with E-state index in [4.69, 9.17) is 25.8 Å². The van der Waals surface area contributed by atoms with Crippen molar-refractivity contribution < 1.29 is 19.0 Å². The lowest BCUT2D eigenvalue weighted by Gasteiger charge is -2.12. The van der Waals surface area contributed by atoms with Crippen LogP contribution < -0.4 is 19.5 Å². The van der Waals surface area contributed by atoms with Crippen LogP contribution in [-0.4, -0.2) is 30.7 Å². The normalized spacial score (nSPS) is 13.0. The minimum Gasteiger partial charge on any atom is -0.489 e. The Bertz CT molecular complexity index is 767. The minimum atomic E-state index is -0.260. The van der Waals surface area contributed by atoms with Crippen molar-refractivity contribution >= 4 is 17.5 Å². The number of benzene rings is 1. The second-order valence-corrected chi connectivity index (χ2v) is 5.83. The number of ether oxygens (including phenoxy) is 3. The van der Waals surface area contributed by atoms with Crippen LogP contribution in [0.4, 0.5) is 0 Å². The smallest absolute Gasteiger partial charge is 0.251 e. The maximum Gasteiger partial charge on any atom is 0.251 e. The van der Waals surface area contributed by atoms with Crippen LogP contribution in [0.2, 0.25) is 5.02 Å². The molecule has 1 aromatic carbocycles. The van der Waals surface area contributed by atoms with Crippen molar-refractivity contribution in [3.8, 4) is 17.4 Å². The van der Waals surface area contributed by atoms with E-state index < -0.39 is 0 Å². The first-order chi connectivity index (χ1) is 12.2. The van der Waals surface area contributed by atoms with E-state index >= 15 is 0 Å². The lowest BCUT2D eigenvalue weighted by Crippen LogP contribution is -2.23. The van der Waals surface area contributed by atoms with Gasteiger partial charge < -0.3 is 19.5 Å². The summed E-state index contributed by atoms with van der Waals surface area (Å²) in [5, 5.41) is 3.21. The zero-order valence-electron chi connectivity index (χ0n) is 13.9. The number of carbonyl (C=O) groups excluding carboxylic acids is 1. The molecule has 1 N–H and O–H groups in total. The molecule has 0 unspecified atom stereocenters. The summed E-state index contributed by atoms with van der Waals surface area (Å²) in [7, 11) is 0. The molecule has 1 amide bonds. The number of nitrogens with one attached hydrogen (secondary N) is 1. The van der Waals surface area contributed by atoms with Crippen LogP contribution in [-0.2, 0) is 6.54 Å². The highest BCUT2D eigenvalue weighted by atomic mass is 35.5. The molecule has 6 nitrogen and oxygen atoms in total. The van der Waals surface area contributed by atoms with Gasteiger partial charge in [-0.3, -0.25) is 4.79 Å². The molecule has 0 radical (unpaired) electrons. The van der Waals surface area contributed by atoms with E-state index in [-0.39, 0.29) is 5.91 Å². The Kier molecular flexibility index (Phi) is 5.60. The van der Waals surface area contributed by atoms with E-state index in [0.717, 1.165) is 12.0 Å². The fourth-order valence-corrected chi connectivity index (χ4v) is 2.73. The van der Waals surface area contributed by atoms with Crippen molar-refractivity contribution in [2.75, 3.05) is 19.8 Å². The van der Waals surface area contributed by atoms with Crippen LogP contribution in [0.15, 0.2) is 30.5 Å². The first kappa shape index (κ1) is 17.4. The van der Waals surface area contributed by atoms with Crippen LogP contribution in [0.5, 0.6) is 17.4 Å². The van der Waals surface area contributed by atoms with Gasteiger partial charge in [0.05, 0.1) is 24.8 Å². The van der Waals surface area contributed by atoms with Gasteiger partial charge in [-0.05, 0) is 25.1 Å². The predicted molar refractivity (Wildman–Crippen MR) is 93.6 cm³/mol. The van der Waals surface area contributed by atoms with Crippen molar-refractivity contribution in [3.63, 3.8) is 0 Å². The molecule has 0 bridgehead atoms. The highest BCUT2D eigenvalue weighted by Crippen LogP contribution is 2.38. The molecule has 1 aromatic heterocycles. The molecule has 1 aliphatic heterocycles. The highest BCUT2D eigenvalue weighted by molar-refractivity contribution is 6.32. The summed E-state index contributed by atoms with van der Waals surface area (Å²) in [6, 6.07) is 6.89. The third-order valence-corrected chi connectivity index (χ3v) is 3.92. The van der Waals surface area contributed by atoms with Crippen LogP contribution in [0.3, 0.4) is 0 Å². The summed E-state index contributed by atoms with van der Waals surface area (Å²) < 4.78 is 16.6.